The lowest BCUT2D eigenvalue weighted by molar-refractivity contribution is 0.439. The van der Waals surface area contributed by atoms with Gasteiger partial charge in [-0.05, 0) is 29.7 Å². The molecule has 0 aliphatic carbocycles. The van der Waals surface area contributed by atoms with Crippen LogP contribution in [0.15, 0.2) is 42.5 Å². The number of rotatable bonds is 3. The van der Waals surface area contributed by atoms with E-state index in [2.05, 4.69) is 0 Å². The molecule has 0 atom stereocenters. The fourth-order valence-corrected chi connectivity index (χ4v) is 1.38. The van der Waals surface area contributed by atoms with Gasteiger partial charge in [-0.1, -0.05) is 12.1 Å². The summed E-state index contributed by atoms with van der Waals surface area (Å²) in [4.78, 5) is 0. The maximum atomic E-state index is 13.5. The molecule has 17 heavy (non-hydrogen) atoms. The SMILES string of the molecule is OBc1ccc(Oc2cccc(F)c2)c(F)c1. The minimum Gasteiger partial charge on any atom is -0.454 e. The van der Waals surface area contributed by atoms with Crippen molar-refractivity contribution in [3.63, 3.8) is 0 Å². The zero-order valence-electron chi connectivity index (χ0n) is 8.86. The highest BCUT2D eigenvalue weighted by Crippen LogP contribution is 2.23. The number of hydrogen-bond acceptors (Lipinski definition) is 2. The lowest BCUT2D eigenvalue weighted by atomic mass is 9.89. The molecule has 0 radical (unpaired) electrons. The summed E-state index contributed by atoms with van der Waals surface area (Å²) in [5.41, 5.74) is 0.453. The van der Waals surface area contributed by atoms with Crippen LogP contribution in [0.1, 0.15) is 0 Å². The summed E-state index contributed by atoms with van der Waals surface area (Å²) >= 11 is 0. The molecule has 2 aromatic carbocycles. The maximum Gasteiger partial charge on any atom is 0.304 e. The molecule has 2 rings (SSSR count). The summed E-state index contributed by atoms with van der Waals surface area (Å²) in [7, 11) is -0.239. The Balaban J connectivity index is 2.24. The second kappa shape index (κ2) is 4.97. The highest BCUT2D eigenvalue weighted by Gasteiger charge is 2.06. The van der Waals surface area contributed by atoms with Gasteiger partial charge >= 0.3 is 7.48 Å². The summed E-state index contributed by atoms with van der Waals surface area (Å²) in [5.74, 6) is -0.829. The molecule has 0 aliphatic rings. The Kier molecular flexibility index (Phi) is 3.39. The third-order valence-electron chi connectivity index (χ3n) is 2.20. The van der Waals surface area contributed by atoms with Gasteiger partial charge in [-0.15, -0.1) is 0 Å². The molecule has 0 aromatic heterocycles. The van der Waals surface area contributed by atoms with E-state index in [0.29, 0.717) is 5.46 Å². The third-order valence-corrected chi connectivity index (χ3v) is 2.20. The van der Waals surface area contributed by atoms with Crippen LogP contribution < -0.4 is 10.2 Å². The Bertz CT molecular complexity index is 532. The van der Waals surface area contributed by atoms with E-state index in [9.17, 15) is 8.78 Å². The van der Waals surface area contributed by atoms with Gasteiger partial charge in [-0.2, -0.15) is 0 Å². The minimum absolute atomic E-state index is 0.00667. The topological polar surface area (TPSA) is 29.5 Å². The normalized spacial score (nSPS) is 10.1. The standard InChI is InChI=1S/C12H9BF2O2/c14-9-2-1-3-10(7-9)17-12-5-4-8(13-16)6-11(12)15/h1-7,13,16H. The Morgan fingerprint density at radius 1 is 1.06 bits per heavy atom. The molecular weight excluding hydrogens is 225 g/mol. The Hall–Kier alpha value is -1.88. The molecular formula is C12H9BF2O2. The highest BCUT2D eigenvalue weighted by atomic mass is 19.1. The molecule has 1 N–H and O–H groups in total. The first kappa shape index (κ1) is 11.6. The molecule has 0 spiro atoms. The van der Waals surface area contributed by atoms with Gasteiger partial charge in [0, 0.05) is 6.07 Å². The van der Waals surface area contributed by atoms with Gasteiger partial charge in [0.05, 0.1) is 0 Å². The second-order valence-corrected chi connectivity index (χ2v) is 3.48. The predicted octanol–water partition coefficient (Wildman–Crippen LogP) is 1.73. The Morgan fingerprint density at radius 3 is 2.53 bits per heavy atom. The van der Waals surface area contributed by atoms with E-state index >= 15 is 0 Å². The summed E-state index contributed by atoms with van der Waals surface area (Å²) < 4.78 is 31.6. The minimum atomic E-state index is -0.596. The Morgan fingerprint density at radius 2 is 1.88 bits per heavy atom. The van der Waals surface area contributed by atoms with E-state index in [1.54, 1.807) is 0 Å². The number of hydrogen-bond donors (Lipinski definition) is 1. The van der Waals surface area contributed by atoms with E-state index < -0.39 is 11.6 Å². The quantitative estimate of drug-likeness (QED) is 0.819. The van der Waals surface area contributed by atoms with Gasteiger partial charge in [0.25, 0.3) is 0 Å². The summed E-state index contributed by atoms with van der Waals surface area (Å²) in [6, 6.07) is 9.56. The molecule has 0 fully saturated rings. The van der Waals surface area contributed by atoms with Gasteiger partial charge in [-0.25, -0.2) is 8.78 Å². The van der Waals surface area contributed by atoms with Crippen LogP contribution in [-0.4, -0.2) is 12.5 Å². The van der Waals surface area contributed by atoms with Gasteiger partial charge in [0.15, 0.2) is 11.6 Å². The van der Waals surface area contributed by atoms with Gasteiger partial charge in [0.2, 0.25) is 0 Å². The first-order valence-electron chi connectivity index (χ1n) is 5.02. The van der Waals surface area contributed by atoms with Crippen LogP contribution in [-0.2, 0) is 0 Å². The summed E-state index contributed by atoms with van der Waals surface area (Å²) in [6.45, 7) is 0. The van der Waals surface area contributed by atoms with Crippen LogP contribution in [0.4, 0.5) is 8.78 Å². The fourth-order valence-electron chi connectivity index (χ4n) is 1.38. The van der Waals surface area contributed by atoms with Crippen LogP contribution >= 0.6 is 0 Å². The first-order valence-corrected chi connectivity index (χ1v) is 5.02. The summed E-state index contributed by atoms with van der Waals surface area (Å²) in [5, 5.41) is 8.82. The van der Waals surface area contributed by atoms with Crippen LogP contribution in [0.2, 0.25) is 0 Å². The summed E-state index contributed by atoms with van der Waals surface area (Å²) in [6.07, 6.45) is 0. The molecule has 0 unspecified atom stereocenters. The lowest BCUT2D eigenvalue weighted by Gasteiger charge is -2.07. The average Bonchev–Trinajstić information content (AvgIpc) is 2.32. The molecule has 5 heteroatoms. The third kappa shape index (κ3) is 2.82. The van der Waals surface area contributed by atoms with Crippen molar-refractivity contribution in [1.82, 2.24) is 0 Å². The van der Waals surface area contributed by atoms with E-state index in [4.69, 9.17) is 9.76 Å². The molecule has 0 saturated heterocycles. The van der Waals surface area contributed by atoms with E-state index in [1.165, 1.54) is 42.5 Å². The molecule has 86 valence electrons. The van der Waals surface area contributed by atoms with Crippen LogP contribution in [0.25, 0.3) is 0 Å². The molecule has 0 heterocycles. The first-order chi connectivity index (χ1) is 8.19. The van der Waals surface area contributed by atoms with Crippen LogP contribution in [0, 0.1) is 11.6 Å². The van der Waals surface area contributed by atoms with E-state index in [0.717, 1.165) is 0 Å². The molecule has 0 amide bonds. The zero-order chi connectivity index (χ0) is 12.3. The number of ether oxygens (including phenoxy) is 1. The fraction of sp³-hybridized carbons (Fsp3) is 0. The molecule has 0 saturated carbocycles. The predicted molar refractivity (Wildman–Crippen MR) is 61.9 cm³/mol. The van der Waals surface area contributed by atoms with Crippen molar-refractivity contribution in [2.75, 3.05) is 0 Å². The number of benzene rings is 2. The van der Waals surface area contributed by atoms with Crippen molar-refractivity contribution < 1.29 is 18.5 Å². The van der Waals surface area contributed by atoms with Crippen molar-refractivity contribution in [3.8, 4) is 11.5 Å². The van der Waals surface area contributed by atoms with E-state index in [1.807, 2.05) is 0 Å². The largest absolute Gasteiger partial charge is 0.454 e. The van der Waals surface area contributed by atoms with Crippen LogP contribution in [0.5, 0.6) is 11.5 Å². The van der Waals surface area contributed by atoms with Gasteiger partial charge < -0.3 is 9.76 Å². The maximum absolute atomic E-state index is 13.5. The Labute approximate surface area is 97.7 Å². The second-order valence-electron chi connectivity index (χ2n) is 3.48. The molecule has 2 nitrogen and oxygen atoms in total. The lowest BCUT2D eigenvalue weighted by Crippen LogP contribution is -2.13. The zero-order valence-corrected chi connectivity index (χ0v) is 8.86. The van der Waals surface area contributed by atoms with Crippen molar-refractivity contribution >= 4 is 12.9 Å². The smallest absolute Gasteiger partial charge is 0.304 e. The van der Waals surface area contributed by atoms with Crippen LogP contribution in [0.3, 0.4) is 0 Å². The van der Waals surface area contributed by atoms with Gasteiger partial charge in [0.1, 0.15) is 11.6 Å². The molecule has 0 bridgehead atoms. The van der Waals surface area contributed by atoms with E-state index in [-0.39, 0.29) is 19.0 Å². The van der Waals surface area contributed by atoms with Gasteiger partial charge in [-0.3, -0.25) is 0 Å². The van der Waals surface area contributed by atoms with Crippen molar-refractivity contribution in [2.45, 2.75) is 0 Å². The number of halogens is 2. The monoisotopic (exact) mass is 234 g/mol. The molecule has 2 aromatic rings. The van der Waals surface area contributed by atoms with Crippen molar-refractivity contribution in [2.24, 2.45) is 0 Å². The average molecular weight is 234 g/mol. The van der Waals surface area contributed by atoms with Crippen molar-refractivity contribution in [3.05, 3.63) is 54.1 Å². The highest BCUT2D eigenvalue weighted by molar-refractivity contribution is 6.45. The van der Waals surface area contributed by atoms with Crippen molar-refractivity contribution in [1.29, 1.82) is 0 Å². The molecule has 0 aliphatic heterocycles.